The maximum absolute atomic E-state index is 12.8. The lowest BCUT2D eigenvalue weighted by atomic mass is 9.98. The number of carbonyl (C=O) groups is 1. The van der Waals surface area contributed by atoms with Gasteiger partial charge in [0.05, 0.1) is 20.8 Å². The number of rotatable bonds is 4. The number of hydrogen-bond donors (Lipinski definition) is 0. The zero-order valence-corrected chi connectivity index (χ0v) is 16.1. The number of ether oxygens (including phenoxy) is 2. The van der Waals surface area contributed by atoms with Gasteiger partial charge in [0, 0.05) is 31.1 Å². The van der Waals surface area contributed by atoms with Crippen molar-refractivity contribution >= 4 is 17.2 Å². The van der Waals surface area contributed by atoms with E-state index in [4.69, 9.17) is 9.47 Å². The molecular formula is C20H24N2O3S. The van der Waals surface area contributed by atoms with Gasteiger partial charge in [0.15, 0.2) is 11.5 Å². The molecule has 0 saturated carbocycles. The molecule has 1 aromatic carbocycles. The van der Waals surface area contributed by atoms with Gasteiger partial charge in [-0.15, -0.1) is 11.3 Å². The first kappa shape index (κ1) is 17.4. The van der Waals surface area contributed by atoms with Crippen LogP contribution in [0.15, 0.2) is 23.6 Å². The molecule has 0 saturated heterocycles. The molecule has 0 N–H and O–H groups in total. The molecule has 3 heterocycles. The van der Waals surface area contributed by atoms with Crippen LogP contribution < -0.4 is 9.47 Å². The summed E-state index contributed by atoms with van der Waals surface area (Å²) < 4.78 is 10.8. The molecule has 0 unspecified atom stereocenters. The van der Waals surface area contributed by atoms with Crippen molar-refractivity contribution in [3.8, 4) is 11.5 Å². The smallest absolute Gasteiger partial charge is 0.237 e. The maximum atomic E-state index is 12.8. The standard InChI is InChI=1S/C20H24N2O3S/c1-24-17-9-14-3-7-22(12-16(14)10-18(17)25-2)20(23)13-21-6-4-19-15(11-21)5-8-26-19/h5,8-10H,3-4,6-7,11-13H2,1-2H3. The summed E-state index contributed by atoms with van der Waals surface area (Å²) in [5.41, 5.74) is 3.78. The highest BCUT2D eigenvalue weighted by molar-refractivity contribution is 7.10. The second kappa shape index (κ2) is 7.29. The molecule has 0 radical (unpaired) electrons. The minimum Gasteiger partial charge on any atom is -0.493 e. The van der Waals surface area contributed by atoms with Crippen LogP contribution in [-0.2, 0) is 30.7 Å². The Labute approximate surface area is 158 Å². The fourth-order valence-electron chi connectivity index (χ4n) is 3.83. The molecule has 5 nitrogen and oxygen atoms in total. The minimum absolute atomic E-state index is 0.212. The fraction of sp³-hybridized carbons (Fsp3) is 0.450. The zero-order chi connectivity index (χ0) is 18.1. The van der Waals surface area contributed by atoms with Crippen molar-refractivity contribution < 1.29 is 14.3 Å². The number of amides is 1. The van der Waals surface area contributed by atoms with Gasteiger partial charge in [-0.25, -0.2) is 0 Å². The second-order valence-corrected chi connectivity index (χ2v) is 7.87. The molecule has 2 aliphatic heterocycles. The number of methoxy groups -OCH3 is 2. The van der Waals surface area contributed by atoms with Crippen LogP contribution in [0.3, 0.4) is 0 Å². The molecule has 4 rings (SSSR count). The monoisotopic (exact) mass is 372 g/mol. The molecule has 26 heavy (non-hydrogen) atoms. The Kier molecular flexibility index (Phi) is 4.87. The molecule has 0 spiro atoms. The van der Waals surface area contributed by atoms with Gasteiger partial charge in [-0.3, -0.25) is 9.69 Å². The summed E-state index contributed by atoms with van der Waals surface area (Å²) in [4.78, 5) is 18.5. The predicted octanol–water partition coefficient (Wildman–Crippen LogP) is 2.71. The lowest BCUT2D eigenvalue weighted by Gasteiger charge is -2.33. The highest BCUT2D eigenvalue weighted by Crippen LogP contribution is 2.33. The van der Waals surface area contributed by atoms with Crippen molar-refractivity contribution in [1.82, 2.24) is 9.80 Å². The quantitative estimate of drug-likeness (QED) is 0.828. The van der Waals surface area contributed by atoms with Gasteiger partial charge in [-0.1, -0.05) is 0 Å². The highest BCUT2D eigenvalue weighted by Gasteiger charge is 2.25. The van der Waals surface area contributed by atoms with Crippen LogP contribution in [0.5, 0.6) is 11.5 Å². The predicted molar refractivity (Wildman–Crippen MR) is 102 cm³/mol. The SMILES string of the molecule is COc1cc2c(cc1OC)CN(C(=O)CN1CCc3sccc3C1)CC2. The van der Waals surface area contributed by atoms with Crippen LogP contribution in [0, 0.1) is 0 Å². The summed E-state index contributed by atoms with van der Waals surface area (Å²) in [7, 11) is 3.30. The minimum atomic E-state index is 0.212. The molecular weight excluding hydrogens is 348 g/mol. The Morgan fingerprint density at radius 1 is 1.04 bits per heavy atom. The third kappa shape index (κ3) is 3.31. The van der Waals surface area contributed by atoms with E-state index in [1.54, 1.807) is 14.2 Å². The van der Waals surface area contributed by atoms with Gasteiger partial charge in [-0.2, -0.15) is 0 Å². The van der Waals surface area contributed by atoms with Crippen LogP contribution in [0.2, 0.25) is 0 Å². The van der Waals surface area contributed by atoms with Crippen molar-refractivity contribution in [3.63, 3.8) is 0 Å². The van der Waals surface area contributed by atoms with Crippen molar-refractivity contribution in [2.75, 3.05) is 33.9 Å². The summed E-state index contributed by atoms with van der Waals surface area (Å²) in [6.07, 6.45) is 1.91. The normalized spacial score (nSPS) is 16.8. The van der Waals surface area contributed by atoms with E-state index in [0.29, 0.717) is 13.1 Å². The van der Waals surface area contributed by atoms with E-state index >= 15 is 0 Å². The summed E-state index contributed by atoms with van der Waals surface area (Å²) in [6, 6.07) is 6.23. The highest BCUT2D eigenvalue weighted by atomic mass is 32.1. The topological polar surface area (TPSA) is 42.0 Å². The van der Waals surface area contributed by atoms with Crippen molar-refractivity contribution in [3.05, 3.63) is 45.1 Å². The molecule has 0 atom stereocenters. The van der Waals surface area contributed by atoms with Crippen molar-refractivity contribution in [1.29, 1.82) is 0 Å². The number of nitrogens with zero attached hydrogens (tertiary/aromatic N) is 2. The van der Waals surface area contributed by atoms with Crippen LogP contribution in [0.4, 0.5) is 0 Å². The lowest BCUT2D eigenvalue weighted by Crippen LogP contribution is -2.43. The molecule has 138 valence electrons. The largest absolute Gasteiger partial charge is 0.493 e. The van der Waals surface area contributed by atoms with Crippen LogP contribution >= 0.6 is 11.3 Å². The molecule has 2 aromatic rings. The fourth-order valence-corrected chi connectivity index (χ4v) is 4.72. The Hall–Kier alpha value is -2.05. The molecule has 6 heteroatoms. The van der Waals surface area contributed by atoms with Gasteiger partial charge in [0.25, 0.3) is 0 Å². The Balaban J connectivity index is 1.43. The van der Waals surface area contributed by atoms with Gasteiger partial charge >= 0.3 is 0 Å². The molecule has 0 aliphatic carbocycles. The van der Waals surface area contributed by atoms with E-state index in [-0.39, 0.29) is 5.91 Å². The molecule has 2 aliphatic rings. The van der Waals surface area contributed by atoms with E-state index in [9.17, 15) is 4.79 Å². The van der Waals surface area contributed by atoms with Gasteiger partial charge in [0.1, 0.15) is 0 Å². The molecule has 1 amide bonds. The van der Waals surface area contributed by atoms with Gasteiger partial charge in [-0.05, 0) is 53.1 Å². The summed E-state index contributed by atoms with van der Waals surface area (Å²) in [5, 5.41) is 2.15. The van der Waals surface area contributed by atoms with Crippen LogP contribution in [0.1, 0.15) is 21.6 Å². The maximum Gasteiger partial charge on any atom is 0.237 e. The Bertz CT molecular complexity index is 817. The summed E-state index contributed by atoms with van der Waals surface area (Å²) in [6.45, 7) is 3.76. The van der Waals surface area contributed by atoms with Crippen molar-refractivity contribution in [2.45, 2.75) is 25.9 Å². The van der Waals surface area contributed by atoms with E-state index < -0.39 is 0 Å². The second-order valence-electron chi connectivity index (χ2n) is 6.87. The average molecular weight is 372 g/mol. The van der Waals surface area contributed by atoms with Crippen molar-refractivity contribution in [2.24, 2.45) is 0 Å². The summed E-state index contributed by atoms with van der Waals surface area (Å²) in [5.74, 6) is 1.69. The van der Waals surface area contributed by atoms with Gasteiger partial charge < -0.3 is 14.4 Å². The molecule has 0 bridgehead atoms. The van der Waals surface area contributed by atoms with E-state index in [1.165, 1.54) is 16.0 Å². The van der Waals surface area contributed by atoms with Gasteiger partial charge in [0.2, 0.25) is 5.91 Å². The molecule has 0 fully saturated rings. The third-order valence-electron chi connectivity index (χ3n) is 5.32. The Morgan fingerprint density at radius 3 is 2.58 bits per heavy atom. The molecule has 1 aromatic heterocycles. The first-order valence-corrected chi connectivity index (χ1v) is 9.85. The number of thiophene rings is 1. The third-order valence-corrected chi connectivity index (χ3v) is 6.34. The number of fused-ring (bicyclic) bond motifs is 2. The number of benzene rings is 1. The van der Waals surface area contributed by atoms with E-state index in [0.717, 1.165) is 49.5 Å². The number of hydrogen-bond acceptors (Lipinski definition) is 5. The lowest BCUT2D eigenvalue weighted by molar-refractivity contribution is -0.133. The van der Waals surface area contributed by atoms with E-state index in [1.807, 2.05) is 28.4 Å². The first-order valence-electron chi connectivity index (χ1n) is 8.97. The average Bonchev–Trinajstić information content (AvgIpc) is 3.14. The summed E-state index contributed by atoms with van der Waals surface area (Å²) >= 11 is 1.83. The number of carbonyl (C=O) groups excluding carboxylic acids is 1. The van der Waals surface area contributed by atoms with Crippen LogP contribution in [0.25, 0.3) is 0 Å². The Morgan fingerprint density at radius 2 is 1.81 bits per heavy atom. The zero-order valence-electron chi connectivity index (χ0n) is 15.3. The van der Waals surface area contributed by atoms with Crippen LogP contribution in [-0.4, -0.2) is 49.6 Å². The first-order chi connectivity index (χ1) is 12.7. The van der Waals surface area contributed by atoms with E-state index in [2.05, 4.69) is 16.3 Å².